The van der Waals surface area contributed by atoms with Gasteiger partial charge in [-0.25, -0.2) is 0 Å². The first-order chi connectivity index (χ1) is 11.1. The van der Waals surface area contributed by atoms with Gasteiger partial charge < -0.3 is 10.2 Å². The Kier molecular flexibility index (Phi) is 4.35. The van der Waals surface area contributed by atoms with E-state index in [0.29, 0.717) is 30.1 Å². The van der Waals surface area contributed by atoms with Crippen molar-refractivity contribution in [3.8, 4) is 0 Å². The van der Waals surface area contributed by atoms with Gasteiger partial charge in [-0.3, -0.25) is 9.59 Å². The van der Waals surface area contributed by atoms with Crippen LogP contribution < -0.4 is 10.2 Å². The molecule has 118 valence electrons. The number of benzene rings is 2. The zero-order valence-corrected chi connectivity index (χ0v) is 13.6. The van der Waals surface area contributed by atoms with Crippen LogP contribution in [0.2, 0.25) is 5.02 Å². The van der Waals surface area contributed by atoms with Gasteiger partial charge in [0, 0.05) is 29.4 Å². The monoisotopic (exact) mass is 328 g/mol. The highest BCUT2D eigenvalue weighted by atomic mass is 35.5. The van der Waals surface area contributed by atoms with Crippen LogP contribution in [0.25, 0.3) is 0 Å². The van der Waals surface area contributed by atoms with Crippen molar-refractivity contribution in [2.24, 2.45) is 0 Å². The number of nitrogens with one attached hydrogen (secondary N) is 1. The molecule has 0 bridgehead atoms. The summed E-state index contributed by atoms with van der Waals surface area (Å²) in [6.07, 6.45) is 0.356. The predicted octanol–water partition coefficient (Wildman–Crippen LogP) is 3.18. The lowest BCUT2D eigenvalue weighted by Crippen LogP contribution is -2.26. The molecule has 1 aliphatic heterocycles. The van der Waals surface area contributed by atoms with E-state index in [-0.39, 0.29) is 11.8 Å². The lowest BCUT2D eigenvalue weighted by Gasteiger charge is -2.14. The first-order valence-corrected chi connectivity index (χ1v) is 7.93. The molecular formula is C18H17ClN2O2. The molecule has 0 fully saturated rings. The molecule has 1 aliphatic rings. The first-order valence-electron chi connectivity index (χ1n) is 7.55. The van der Waals surface area contributed by atoms with E-state index in [9.17, 15) is 9.59 Å². The second kappa shape index (κ2) is 6.42. The van der Waals surface area contributed by atoms with E-state index < -0.39 is 0 Å². The Morgan fingerprint density at radius 3 is 2.78 bits per heavy atom. The molecule has 0 aromatic heterocycles. The third-order valence-corrected chi connectivity index (χ3v) is 4.36. The van der Waals surface area contributed by atoms with Gasteiger partial charge in [0.15, 0.2) is 0 Å². The molecule has 2 aromatic rings. The number of fused-ring (bicyclic) bond motifs is 1. The van der Waals surface area contributed by atoms with Crippen LogP contribution in [0.15, 0.2) is 42.5 Å². The van der Waals surface area contributed by atoms with E-state index in [4.69, 9.17) is 11.6 Å². The minimum absolute atomic E-state index is 0.0797. The normalized spacial score (nSPS) is 13.1. The molecule has 3 rings (SSSR count). The minimum Gasteiger partial charge on any atom is -0.348 e. The third-order valence-electron chi connectivity index (χ3n) is 3.99. The van der Waals surface area contributed by atoms with Gasteiger partial charge in [0.1, 0.15) is 0 Å². The lowest BCUT2D eigenvalue weighted by atomic mass is 10.1. The van der Waals surface area contributed by atoms with E-state index in [1.165, 1.54) is 0 Å². The van der Waals surface area contributed by atoms with E-state index in [1.807, 2.05) is 31.2 Å². The van der Waals surface area contributed by atoms with Crippen molar-refractivity contribution in [2.45, 2.75) is 19.9 Å². The number of likely N-dealkylation sites (N-methyl/N-ethyl adjacent to an activating group) is 1. The maximum absolute atomic E-state index is 12.3. The first kappa shape index (κ1) is 15.6. The van der Waals surface area contributed by atoms with Gasteiger partial charge in [-0.15, -0.1) is 0 Å². The largest absolute Gasteiger partial charge is 0.348 e. The molecule has 0 saturated heterocycles. The number of anilines is 1. The van der Waals surface area contributed by atoms with Crippen LogP contribution in [0.4, 0.5) is 5.69 Å². The summed E-state index contributed by atoms with van der Waals surface area (Å²) in [6, 6.07) is 12.8. The molecule has 0 radical (unpaired) electrons. The maximum atomic E-state index is 12.3. The Bertz CT molecular complexity index is 773. The number of carbonyl (C=O) groups excluding carboxylic acids is 2. The van der Waals surface area contributed by atoms with Gasteiger partial charge >= 0.3 is 0 Å². The van der Waals surface area contributed by atoms with Crippen molar-refractivity contribution in [1.82, 2.24) is 5.32 Å². The summed E-state index contributed by atoms with van der Waals surface area (Å²) in [5.41, 5.74) is 3.24. The Hall–Kier alpha value is -2.33. The molecule has 23 heavy (non-hydrogen) atoms. The molecule has 1 heterocycles. The molecule has 2 aromatic carbocycles. The molecule has 4 nitrogen and oxygen atoms in total. The second-order valence-corrected chi connectivity index (χ2v) is 5.84. The topological polar surface area (TPSA) is 49.4 Å². The Morgan fingerprint density at radius 1 is 1.26 bits per heavy atom. The van der Waals surface area contributed by atoms with Crippen LogP contribution in [0.1, 0.15) is 28.4 Å². The molecule has 2 amide bonds. The molecule has 0 unspecified atom stereocenters. The van der Waals surface area contributed by atoms with E-state index in [2.05, 4.69) is 5.32 Å². The van der Waals surface area contributed by atoms with Crippen molar-refractivity contribution in [2.75, 3.05) is 11.4 Å². The van der Waals surface area contributed by atoms with Crippen LogP contribution in [0.5, 0.6) is 0 Å². The van der Waals surface area contributed by atoms with Crippen molar-refractivity contribution >= 4 is 29.1 Å². The van der Waals surface area contributed by atoms with Gasteiger partial charge in [0.05, 0.1) is 6.42 Å². The van der Waals surface area contributed by atoms with E-state index in [0.717, 1.165) is 16.8 Å². The minimum atomic E-state index is -0.171. The zero-order valence-electron chi connectivity index (χ0n) is 12.8. The summed E-state index contributed by atoms with van der Waals surface area (Å²) in [4.78, 5) is 25.9. The summed E-state index contributed by atoms with van der Waals surface area (Å²) in [5.74, 6) is -0.0914. The maximum Gasteiger partial charge on any atom is 0.251 e. The molecule has 0 aliphatic carbocycles. The SMILES string of the molecule is CCN1C(=O)Cc2cc(C(=O)NCc3ccccc3Cl)ccc21. The van der Waals surface area contributed by atoms with Crippen molar-refractivity contribution in [3.63, 3.8) is 0 Å². The van der Waals surface area contributed by atoms with Crippen molar-refractivity contribution in [1.29, 1.82) is 0 Å². The van der Waals surface area contributed by atoms with Crippen LogP contribution >= 0.6 is 11.6 Å². The number of halogens is 1. The molecule has 0 atom stereocenters. The van der Waals surface area contributed by atoms with Gasteiger partial charge in [-0.2, -0.15) is 0 Å². The summed E-state index contributed by atoms with van der Waals surface area (Å²) in [5, 5.41) is 3.49. The number of nitrogens with zero attached hydrogens (tertiary/aromatic N) is 1. The Morgan fingerprint density at radius 2 is 2.04 bits per heavy atom. The van der Waals surface area contributed by atoms with E-state index in [1.54, 1.807) is 23.1 Å². The lowest BCUT2D eigenvalue weighted by molar-refractivity contribution is -0.117. The average Bonchev–Trinajstić information content (AvgIpc) is 2.87. The Balaban J connectivity index is 1.73. The van der Waals surface area contributed by atoms with Crippen LogP contribution in [-0.2, 0) is 17.8 Å². The van der Waals surface area contributed by atoms with Crippen LogP contribution in [-0.4, -0.2) is 18.4 Å². The fraction of sp³-hybridized carbons (Fsp3) is 0.222. The third kappa shape index (κ3) is 3.08. The van der Waals surface area contributed by atoms with Gasteiger partial charge in [-0.1, -0.05) is 29.8 Å². The summed E-state index contributed by atoms with van der Waals surface area (Å²) in [7, 11) is 0. The highest BCUT2D eigenvalue weighted by molar-refractivity contribution is 6.31. The highest BCUT2D eigenvalue weighted by Gasteiger charge is 2.26. The highest BCUT2D eigenvalue weighted by Crippen LogP contribution is 2.29. The number of carbonyl (C=O) groups is 2. The fourth-order valence-corrected chi connectivity index (χ4v) is 2.99. The van der Waals surface area contributed by atoms with E-state index >= 15 is 0 Å². The number of amides is 2. The summed E-state index contributed by atoms with van der Waals surface area (Å²) in [6.45, 7) is 2.96. The van der Waals surface area contributed by atoms with Gasteiger partial charge in [0.25, 0.3) is 5.91 Å². The quantitative estimate of drug-likeness (QED) is 0.937. The molecular weight excluding hydrogens is 312 g/mol. The predicted molar refractivity (Wildman–Crippen MR) is 90.8 cm³/mol. The number of hydrogen-bond donors (Lipinski definition) is 1. The molecule has 0 saturated carbocycles. The van der Waals surface area contributed by atoms with Crippen molar-refractivity contribution in [3.05, 3.63) is 64.2 Å². The Labute approximate surface area is 140 Å². The molecule has 5 heteroatoms. The number of rotatable bonds is 4. The van der Waals surface area contributed by atoms with Crippen LogP contribution in [0, 0.1) is 0 Å². The molecule has 0 spiro atoms. The number of hydrogen-bond acceptors (Lipinski definition) is 2. The summed E-state index contributed by atoms with van der Waals surface area (Å²) < 4.78 is 0. The van der Waals surface area contributed by atoms with Gasteiger partial charge in [-0.05, 0) is 42.3 Å². The zero-order chi connectivity index (χ0) is 16.4. The standard InChI is InChI=1S/C18H17ClN2O2/c1-2-21-16-8-7-12(9-14(16)10-17(21)22)18(23)20-11-13-5-3-4-6-15(13)19/h3-9H,2,10-11H2,1H3,(H,20,23). The fourth-order valence-electron chi connectivity index (χ4n) is 2.79. The van der Waals surface area contributed by atoms with Gasteiger partial charge in [0.2, 0.25) is 5.91 Å². The second-order valence-electron chi connectivity index (χ2n) is 5.43. The summed E-state index contributed by atoms with van der Waals surface area (Å²) >= 11 is 6.08. The molecule has 1 N–H and O–H groups in total. The van der Waals surface area contributed by atoms with Crippen molar-refractivity contribution < 1.29 is 9.59 Å². The average molecular weight is 329 g/mol. The van der Waals surface area contributed by atoms with Crippen LogP contribution in [0.3, 0.4) is 0 Å². The smallest absolute Gasteiger partial charge is 0.251 e.